The average molecular weight is 451 g/mol. The number of fused-ring (bicyclic) bond motifs is 1. The minimum atomic E-state index is -0.916. The molecule has 2 fully saturated rings. The number of aryl methyl sites for hydroxylation is 1. The average Bonchev–Trinajstić information content (AvgIpc) is 3.37. The van der Waals surface area contributed by atoms with Crippen molar-refractivity contribution < 1.29 is 14.4 Å². The van der Waals surface area contributed by atoms with Crippen LogP contribution in [0.2, 0.25) is 0 Å². The molecule has 5 atom stereocenters. The maximum absolute atomic E-state index is 13.5. The van der Waals surface area contributed by atoms with Crippen LogP contribution in [0.25, 0.3) is 0 Å². The molecule has 0 unspecified atom stereocenters. The highest BCUT2D eigenvalue weighted by Gasteiger charge is 2.58. The molecule has 1 saturated carbocycles. The molecule has 2 aromatic rings. The van der Waals surface area contributed by atoms with E-state index in [1.54, 1.807) is 0 Å². The Kier molecular flexibility index (Phi) is 5.63. The van der Waals surface area contributed by atoms with E-state index in [4.69, 9.17) is 0 Å². The van der Waals surface area contributed by atoms with Crippen molar-refractivity contribution in [3.05, 3.63) is 53.1 Å². The third-order valence-electron chi connectivity index (χ3n) is 6.84. The van der Waals surface area contributed by atoms with Gasteiger partial charge in [0.1, 0.15) is 11.0 Å². The topological polar surface area (TPSA) is 92.3 Å². The lowest BCUT2D eigenvalue weighted by molar-refractivity contribution is -0.146. The first-order valence-corrected chi connectivity index (χ1v) is 12.1. The van der Waals surface area contributed by atoms with Crippen LogP contribution in [0.4, 0.5) is 5.13 Å². The molecule has 2 bridgehead atoms. The van der Waals surface area contributed by atoms with Gasteiger partial charge in [0.2, 0.25) is 22.9 Å². The monoisotopic (exact) mass is 450 g/mol. The lowest BCUT2D eigenvalue weighted by Gasteiger charge is -2.38. The summed E-state index contributed by atoms with van der Waals surface area (Å²) < 4.78 is 0. The highest BCUT2D eigenvalue weighted by atomic mass is 32.1. The Morgan fingerprint density at radius 1 is 1.09 bits per heavy atom. The zero-order valence-corrected chi connectivity index (χ0v) is 18.8. The van der Waals surface area contributed by atoms with Crippen molar-refractivity contribution in [1.82, 2.24) is 15.1 Å². The summed E-state index contributed by atoms with van der Waals surface area (Å²) in [6.07, 6.45) is 8.04. The second-order valence-corrected chi connectivity index (χ2v) is 9.90. The lowest BCUT2D eigenvalue weighted by Crippen LogP contribution is -2.49. The number of aromatic nitrogens is 2. The van der Waals surface area contributed by atoms with Gasteiger partial charge in [-0.2, -0.15) is 0 Å². The number of benzene rings is 1. The normalized spacial score (nSPS) is 27.0. The summed E-state index contributed by atoms with van der Waals surface area (Å²) in [5.74, 6) is -1.31. The van der Waals surface area contributed by atoms with Crippen LogP contribution in [-0.4, -0.2) is 38.9 Å². The summed E-state index contributed by atoms with van der Waals surface area (Å²) in [4.78, 5) is 41.6. The Balaban J connectivity index is 1.44. The van der Waals surface area contributed by atoms with Gasteiger partial charge in [0.15, 0.2) is 0 Å². The van der Waals surface area contributed by atoms with E-state index in [0.29, 0.717) is 5.13 Å². The van der Waals surface area contributed by atoms with Gasteiger partial charge in [0, 0.05) is 12.8 Å². The Labute approximate surface area is 190 Å². The van der Waals surface area contributed by atoms with Gasteiger partial charge < -0.3 is 0 Å². The second-order valence-electron chi connectivity index (χ2n) is 8.83. The van der Waals surface area contributed by atoms with Gasteiger partial charge in [-0.25, -0.2) is 0 Å². The second kappa shape index (κ2) is 8.58. The third kappa shape index (κ3) is 3.66. The number of likely N-dealkylation sites (tertiary alicyclic amines) is 1. The molecule has 0 radical (unpaired) electrons. The van der Waals surface area contributed by atoms with Crippen molar-refractivity contribution in [3.63, 3.8) is 0 Å². The Morgan fingerprint density at radius 2 is 1.75 bits per heavy atom. The molecule has 1 saturated heterocycles. The Hall–Kier alpha value is -2.87. The zero-order chi connectivity index (χ0) is 22.2. The molecule has 1 aromatic carbocycles. The smallest absolute Gasteiger partial charge is 0.249 e. The molecule has 3 aliphatic carbocycles. The molecule has 1 aliphatic heterocycles. The fourth-order valence-corrected chi connectivity index (χ4v) is 6.20. The van der Waals surface area contributed by atoms with Crippen LogP contribution in [0.15, 0.2) is 42.5 Å². The molecule has 6 rings (SSSR count). The van der Waals surface area contributed by atoms with E-state index in [1.165, 1.54) is 16.2 Å². The number of hydrogen-bond donors (Lipinski definition) is 1. The number of nitrogens with zero attached hydrogens (tertiary/aromatic N) is 3. The molecule has 2 heterocycles. The fourth-order valence-electron chi connectivity index (χ4n) is 5.35. The predicted octanol–water partition coefficient (Wildman–Crippen LogP) is 3.24. The molecule has 32 heavy (non-hydrogen) atoms. The van der Waals surface area contributed by atoms with E-state index in [1.807, 2.05) is 30.3 Å². The molecule has 1 aromatic heterocycles. The summed E-state index contributed by atoms with van der Waals surface area (Å²) in [7, 11) is 0. The molecule has 1 N–H and O–H groups in total. The number of imide groups is 1. The van der Waals surface area contributed by atoms with Crippen LogP contribution in [0, 0.1) is 23.7 Å². The maximum Gasteiger partial charge on any atom is 0.249 e. The standard InChI is InChI=1S/C24H26N4O3S/c1-2-6-18-26-27-24(32-18)25-21(29)17(13-14-7-4-3-5-8-14)28-22(30)19-15-9-10-16(12-11-15)20(19)23(28)31/h3-5,7-10,15-17,19-20H,2,6,11-13H2,1H3,(H,25,27,29)/t15-,16-,17-,19-,20-/m0/s1. The first-order chi connectivity index (χ1) is 15.6. The van der Waals surface area contributed by atoms with E-state index in [2.05, 4.69) is 34.6 Å². The van der Waals surface area contributed by atoms with Crippen molar-refractivity contribution in [1.29, 1.82) is 0 Å². The van der Waals surface area contributed by atoms with Crippen LogP contribution >= 0.6 is 11.3 Å². The SMILES string of the molecule is CCCc1nnc(NC(=O)[C@H](Cc2ccccc2)N2C(=O)[C@@H]3[C@@H](C2=O)[C@H]2C=C[C@H]3CC2)s1. The number of carbonyl (C=O) groups excluding carboxylic acids is 3. The highest BCUT2D eigenvalue weighted by Crippen LogP contribution is 2.50. The van der Waals surface area contributed by atoms with Gasteiger partial charge in [-0.05, 0) is 36.7 Å². The summed E-state index contributed by atoms with van der Waals surface area (Å²) >= 11 is 1.33. The van der Waals surface area contributed by atoms with Crippen molar-refractivity contribution >= 4 is 34.2 Å². The van der Waals surface area contributed by atoms with Crippen LogP contribution in [0.5, 0.6) is 0 Å². The number of allylic oxidation sites excluding steroid dienone is 2. The molecule has 3 amide bonds. The van der Waals surface area contributed by atoms with Crippen molar-refractivity contribution in [2.45, 2.75) is 45.1 Å². The minimum Gasteiger partial charge on any atom is -0.299 e. The molecular weight excluding hydrogens is 424 g/mol. The number of carbonyl (C=O) groups is 3. The number of anilines is 1. The quantitative estimate of drug-likeness (QED) is 0.516. The first kappa shape index (κ1) is 21.0. The van der Waals surface area contributed by atoms with Gasteiger partial charge in [0.25, 0.3) is 0 Å². The van der Waals surface area contributed by atoms with E-state index in [-0.39, 0.29) is 41.9 Å². The molecule has 166 valence electrons. The summed E-state index contributed by atoms with van der Waals surface area (Å²) in [5, 5.41) is 12.3. The summed E-state index contributed by atoms with van der Waals surface area (Å²) in [6.45, 7) is 2.06. The summed E-state index contributed by atoms with van der Waals surface area (Å²) in [5.41, 5.74) is 0.896. The van der Waals surface area contributed by atoms with Gasteiger partial charge in [0.05, 0.1) is 11.8 Å². The molecule has 4 aliphatic rings. The predicted molar refractivity (Wildman–Crippen MR) is 121 cm³/mol. The number of rotatable bonds is 7. The maximum atomic E-state index is 13.5. The minimum absolute atomic E-state index is 0.0895. The summed E-state index contributed by atoms with van der Waals surface area (Å²) in [6, 6.07) is 8.59. The fraction of sp³-hybridized carbons (Fsp3) is 0.458. The van der Waals surface area contributed by atoms with Crippen LogP contribution < -0.4 is 5.32 Å². The number of hydrogen-bond acceptors (Lipinski definition) is 6. The highest BCUT2D eigenvalue weighted by molar-refractivity contribution is 7.15. The van der Waals surface area contributed by atoms with E-state index >= 15 is 0 Å². The molecule has 7 nitrogen and oxygen atoms in total. The van der Waals surface area contributed by atoms with E-state index in [0.717, 1.165) is 36.3 Å². The molecule has 0 spiro atoms. The molecular formula is C24H26N4O3S. The van der Waals surface area contributed by atoms with Crippen molar-refractivity contribution in [2.24, 2.45) is 23.7 Å². The number of nitrogens with one attached hydrogen (secondary N) is 1. The van der Waals surface area contributed by atoms with E-state index < -0.39 is 11.9 Å². The third-order valence-corrected chi connectivity index (χ3v) is 7.74. The Bertz CT molecular complexity index is 1030. The van der Waals surface area contributed by atoms with E-state index in [9.17, 15) is 14.4 Å². The van der Waals surface area contributed by atoms with Gasteiger partial charge >= 0.3 is 0 Å². The van der Waals surface area contributed by atoms with Crippen LogP contribution in [-0.2, 0) is 27.2 Å². The van der Waals surface area contributed by atoms with Gasteiger partial charge in [-0.15, -0.1) is 10.2 Å². The first-order valence-electron chi connectivity index (χ1n) is 11.3. The number of amides is 3. The zero-order valence-electron chi connectivity index (χ0n) is 17.9. The van der Waals surface area contributed by atoms with Crippen LogP contribution in [0.1, 0.15) is 36.8 Å². The van der Waals surface area contributed by atoms with Crippen molar-refractivity contribution in [2.75, 3.05) is 5.32 Å². The largest absolute Gasteiger partial charge is 0.299 e. The van der Waals surface area contributed by atoms with Gasteiger partial charge in [-0.1, -0.05) is 60.7 Å². The molecule has 8 heteroatoms. The Morgan fingerprint density at radius 3 is 2.34 bits per heavy atom. The van der Waals surface area contributed by atoms with Crippen LogP contribution in [0.3, 0.4) is 0 Å². The lowest BCUT2D eigenvalue weighted by atomic mass is 9.63. The van der Waals surface area contributed by atoms with Crippen molar-refractivity contribution in [3.8, 4) is 0 Å². The van der Waals surface area contributed by atoms with Gasteiger partial charge in [-0.3, -0.25) is 24.6 Å².